The van der Waals surface area contributed by atoms with E-state index in [0.29, 0.717) is 17.1 Å². The molecule has 10 heteroatoms. The van der Waals surface area contributed by atoms with Crippen molar-refractivity contribution in [1.82, 2.24) is 9.55 Å². The quantitative estimate of drug-likeness (QED) is 0.392. The highest BCUT2D eigenvalue weighted by Crippen LogP contribution is 2.20. The summed E-state index contributed by atoms with van der Waals surface area (Å²) in [6.07, 6.45) is 1.08. The van der Waals surface area contributed by atoms with Gasteiger partial charge in [0.2, 0.25) is 5.88 Å². The molecule has 0 saturated heterocycles. The Labute approximate surface area is 157 Å². The summed E-state index contributed by atoms with van der Waals surface area (Å²) in [5.74, 6) is -0.0368. The van der Waals surface area contributed by atoms with Gasteiger partial charge in [0, 0.05) is 18.3 Å². The number of aliphatic imine (C=N–C) groups is 1. The van der Waals surface area contributed by atoms with Crippen LogP contribution in [0.25, 0.3) is 5.69 Å². The number of rotatable bonds is 5. The van der Waals surface area contributed by atoms with Gasteiger partial charge in [-0.25, -0.2) is 9.36 Å². The fraction of sp³-hybridized carbons (Fsp3) is 0.0556. The third-order valence-corrected chi connectivity index (χ3v) is 3.85. The van der Waals surface area contributed by atoms with Crippen molar-refractivity contribution in [3.8, 4) is 17.3 Å². The van der Waals surface area contributed by atoms with E-state index in [1.807, 2.05) is 0 Å². The molecule has 0 aliphatic rings. The van der Waals surface area contributed by atoms with E-state index in [1.54, 1.807) is 12.1 Å². The summed E-state index contributed by atoms with van der Waals surface area (Å²) in [6.45, 7) is 0. The standard InChI is InChI=1S/C18H14N4O6/c1-28-14-8-6-12(7-9-14)21-17(24)15(16(23)20-18(21)25)10-19-11-2-4-13(5-3-11)22(26)27/h2-10,24H,1H3,(H,20,23,25). The van der Waals surface area contributed by atoms with Gasteiger partial charge in [-0.3, -0.25) is 24.9 Å². The molecule has 0 bridgehead atoms. The van der Waals surface area contributed by atoms with Gasteiger partial charge >= 0.3 is 5.69 Å². The van der Waals surface area contributed by atoms with Crippen LogP contribution in [0.1, 0.15) is 5.56 Å². The molecule has 0 atom stereocenters. The van der Waals surface area contributed by atoms with Crippen LogP contribution in [0, 0.1) is 10.1 Å². The molecule has 28 heavy (non-hydrogen) atoms. The molecule has 0 aliphatic heterocycles. The second-order valence-corrected chi connectivity index (χ2v) is 5.56. The molecule has 3 aromatic rings. The smallest absolute Gasteiger partial charge is 0.335 e. The number of benzene rings is 2. The Morgan fingerprint density at radius 2 is 1.79 bits per heavy atom. The number of ether oxygens (including phenoxy) is 1. The van der Waals surface area contributed by atoms with Crippen LogP contribution in [0.4, 0.5) is 11.4 Å². The number of methoxy groups -OCH3 is 1. The maximum Gasteiger partial charge on any atom is 0.335 e. The zero-order chi connectivity index (χ0) is 20.3. The summed E-state index contributed by atoms with van der Waals surface area (Å²) in [7, 11) is 1.49. The van der Waals surface area contributed by atoms with E-state index >= 15 is 0 Å². The predicted octanol–water partition coefficient (Wildman–Crippen LogP) is 1.90. The zero-order valence-corrected chi connectivity index (χ0v) is 14.5. The highest BCUT2D eigenvalue weighted by atomic mass is 16.6. The molecule has 0 radical (unpaired) electrons. The summed E-state index contributed by atoms with van der Waals surface area (Å²) >= 11 is 0. The van der Waals surface area contributed by atoms with Crippen LogP contribution in [-0.2, 0) is 0 Å². The second-order valence-electron chi connectivity index (χ2n) is 5.56. The molecule has 2 aromatic carbocycles. The molecule has 0 spiro atoms. The first-order valence-electron chi connectivity index (χ1n) is 7.92. The van der Waals surface area contributed by atoms with Gasteiger partial charge < -0.3 is 9.84 Å². The van der Waals surface area contributed by atoms with Crippen molar-refractivity contribution < 1.29 is 14.8 Å². The SMILES string of the molecule is COc1ccc(-n2c(O)c(C=Nc3ccc([N+](=O)[O-])cc3)c(=O)[nH]c2=O)cc1. The molecule has 0 fully saturated rings. The Bertz CT molecular complexity index is 1160. The van der Waals surface area contributed by atoms with Crippen molar-refractivity contribution >= 4 is 17.6 Å². The van der Waals surface area contributed by atoms with E-state index in [4.69, 9.17) is 4.74 Å². The highest BCUT2D eigenvalue weighted by Gasteiger charge is 2.14. The lowest BCUT2D eigenvalue weighted by Gasteiger charge is -2.10. The molecule has 1 heterocycles. The minimum Gasteiger partial charge on any atom is -0.497 e. The number of nitro groups is 1. The molecule has 0 aliphatic carbocycles. The summed E-state index contributed by atoms with van der Waals surface area (Å²) in [5.41, 5.74) is -1.35. The van der Waals surface area contributed by atoms with Gasteiger partial charge in [-0.1, -0.05) is 0 Å². The number of hydrogen-bond acceptors (Lipinski definition) is 7. The van der Waals surface area contributed by atoms with Crippen LogP contribution in [0.5, 0.6) is 11.6 Å². The maximum atomic E-state index is 12.2. The number of nitrogens with zero attached hydrogens (tertiary/aromatic N) is 3. The van der Waals surface area contributed by atoms with Crippen molar-refractivity contribution in [2.24, 2.45) is 4.99 Å². The molecule has 142 valence electrons. The van der Waals surface area contributed by atoms with Crippen LogP contribution in [0.2, 0.25) is 0 Å². The lowest BCUT2D eigenvalue weighted by atomic mass is 10.2. The Balaban J connectivity index is 2.02. The van der Waals surface area contributed by atoms with E-state index < -0.39 is 22.1 Å². The summed E-state index contributed by atoms with van der Waals surface area (Å²) < 4.78 is 5.96. The summed E-state index contributed by atoms with van der Waals surface area (Å²) in [4.78, 5) is 40.5. The first-order chi connectivity index (χ1) is 13.4. The van der Waals surface area contributed by atoms with Crippen LogP contribution >= 0.6 is 0 Å². The minimum absolute atomic E-state index is 0.104. The maximum absolute atomic E-state index is 12.2. The van der Waals surface area contributed by atoms with Crippen molar-refractivity contribution in [2.75, 3.05) is 7.11 Å². The zero-order valence-electron chi connectivity index (χ0n) is 14.5. The van der Waals surface area contributed by atoms with Crippen LogP contribution in [0.15, 0.2) is 63.1 Å². The molecule has 3 rings (SSSR count). The number of non-ortho nitro benzene ring substituents is 1. The predicted molar refractivity (Wildman–Crippen MR) is 101 cm³/mol. The third kappa shape index (κ3) is 3.65. The third-order valence-electron chi connectivity index (χ3n) is 3.85. The fourth-order valence-corrected chi connectivity index (χ4v) is 2.43. The normalized spacial score (nSPS) is 10.9. The average molecular weight is 382 g/mol. The lowest BCUT2D eigenvalue weighted by Crippen LogP contribution is -2.31. The molecular weight excluding hydrogens is 368 g/mol. The largest absolute Gasteiger partial charge is 0.497 e. The number of nitro benzene ring substituents is 1. The van der Waals surface area contributed by atoms with Crippen molar-refractivity contribution in [3.05, 3.63) is 85.0 Å². The first kappa shape index (κ1) is 18.6. The van der Waals surface area contributed by atoms with Crippen molar-refractivity contribution in [3.63, 3.8) is 0 Å². The Morgan fingerprint density at radius 3 is 2.36 bits per heavy atom. The van der Waals surface area contributed by atoms with E-state index in [9.17, 15) is 24.8 Å². The van der Waals surface area contributed by atoms with Gasteiger partial charge in [0.25, 0.3) is 11.2 Å². The van der Waals surface area contributed by atoms with Gasteiger partial charge in [0.1, 0.15) is 11.3 Å². The molecular formula is C18H14N4O6. The second kappa shape index (κ2) is 7.58. The Hall–Kier alpha value is -4.21. The Kier molecular flexibility index (Phi) is 5.03. The lowest BCUT2D eigenvalue weighted by molar-refractivity contribution is -0.384. The molecule has 1 aromatic heterocycles. The molecule has 0 amide bonds. The number of nitrogens with one attached hydrogen (secondary N) is 1. The van der Waals surface area contributed by atoms with Gasteiger partial charge in [-0.05, 0) is 36.4 Å². The summed E-state index contributed by atoms with van der Waals surface area (Å²) in [5, 5.41) is 21.1. The number of hydrogen-bond donors (Lipinski definition) is 2. The molecule has 10 nitrogen and oxygen atoms in total. The monoisotopic (exact) mass is 382 g/mol. The van der Waals surface area contributed by atoms with Gasteiger partial charge in [-0.15, -0.1) is 0 Å². The van der Waals surface area contributed by atoms with Crippen molar-refractivity contribution in [1.29, 1.82) is 0 Å². The van der Waals surface area contributed by atoms with Gasteiger partial charge in [0.15, 0.2) is 0 Å². The van der Waals surface area contributed by atoms with Crippen LogP contribution < -0.4 is 16.0 Å². The summed E-state index contributed by atoms with van der Waals surface area (Å²) in [6, 6.07) is 11.6. The van der Waals surface area contributed by atoms with E-state index in [2.05, 4.69) is 9.98 Å². The topological polar surface area (TPSA) is 140 Å². The van der Waals surface area contributed by atoms with Crippen LogP contribution in [0.3, 0.4) is 0 Å². The number of H-pyrrole nitrogens is 1. The van der Waals surface area contributed by atoms with Gasteiger partial charge in [0.05, 0.1) is 23.4 Å². The fourth-order valence-electron chi connectivity index (χ4n) is 2.43. The average Bonchev–Trinajstić information content (AvgIpc) is 2.68. The van der Waals surface area contributed by atoms with E-state index in [0.717, 1.165) is 10.8 Å². The highest BCUT2D eigenvalue weighted by molar-refractivity contribution is 5.84. The molecule has 0 saturated carbocycles. The first-order valence-corrected chi connectivity index (χ1v) is 7.92. The molecule has 0 unspecified atom stereocenters. The number of aromatic nitrogens is 2. The number of aromatic amines is 1. The van der Waals surface area contributed by atoms with E-state index in [1.165, 1.54) is 43.5 Å². The van der Waals surface area contributed by atoms with Crippen molar-refractivity contribution in [2.45, 2.75) is 0 Å². The van der Waals surface area contributed by atoms with Gasteiger partial charge in [-0.2, -0.15) is 0 Å². The Morgan fingerprint density at radius 1 is 1.14 bits per heavy atom. The van der Waals surface area contributed by atoms with Crippen LogP contribution in [-0.4, -0.2) is 32.9 Å². The van der Waals surface area contributed by atoms with E-state index in [-0.39, 0.29) is 11.3 Å². The minimum atomic E-state index is -0.821. The molecule has 2 N–H and O–H groups in total. The number of aromatic hydroxyl groups is 1.